The number of hydrogen-bond acceptors (Lipinski definition) is 8. The van der Waals surface area contributed by atoms with E-state index >= 15 is 0 Å². The van der Waals surface area contributed by atoms with Gasteiger partial charge in [-0.25, -0.2) is 9.97 Å². The molecule has 0 saturated carbocycles. The molecular weight excluding hydrogens is 360 g/mol. The van der Waals surface area contributed by atoms with Gasteiger partial charge < -0.3 is 19.2 Å². The minimum Gasteiger partial charge on any atom is -0.461 e. The lowest BCUT2D eigenvalue weighted by Gasteiger charge is -2.32. The summed E-state index contributed by atoms with van der Waals surface area (Å²) in [6, 6.07) is 7.12. The van der Waals surface area contributed by atoms with Crippen LogP contribution >= 0.6 is 0 Å². The monoisotopic (exact) mass is 378 g/mol. The molecule has 1 aliphatic rings. The quantitative estimate of drug-likeness (QED) is 0.717. The maximum atomic E-state index is 12.3. The highest BCUT2D eigenvalue weighted by atomic mass is 16.5. The third kappa shape index (κ3) is 3.71. The van der Waals surface area contributed by atoms with E-state index in [0.717, 1.165) is 25.9 Å². The summed E-state index contributed by atoms with van der Waals surface area (Å²) in [6.07, 6.45) is 6.42. The van der Waals surface area contributed by atoms with Gasteiger partial charge in [0.2, 0.25) is 5.76 Å². The summed E-state index contributed by atoms with van der Waals surface area (Å²) in [4.78, 5) is 22.7. The zero-order valence-corrected chi connectivity index (χ0v) is 15.0. The zero-order chi connectivity index (χ0) is 19.3. The highest BCUT2D eigenvalue weighted by Gasteiger charge is 2.23. The Morgan fingerprint density at radius 1 is 1.29 bits per heavy atom. The normalized spacial score (nSPS) is 14.6. The van der Waals surface area contributed by atoms with Gasteiger partial charge in [0.15, 0.2) is 23.0 Å². The van der Waals surface area contributed by atoms with Crippen molar-refractivity contribution in [3.8, 4) is 17.6 Å². The Morgan fingerprint density at radius 3 is 2.86 bits per heavy atom. The van der Waals surface area contributed by atoms with Gasteiger partial charge in [-0.1, -0.05) is 5.16 Å². The van der Waals surface area contributed by atoms with Crippen molar-refractivity contribution >= 4 is 11.7 Å². The molecule has 4 rings (SSSR count). The number of carbonyl (C=O) groups excluding carboxylic acids is 1. The van der Waals surface area contributed by atoms with Crippen molar-refractivity contribution in [1.82, 2.24) is 20.4 Å². The van der Waals surface area contributed by atoms with Crippen LogP contribution in [0, 0.1) is 17.2 Å². The van der Waals surface area contributed by atoms with Crippen LogP contribution in [0.2, 0.25) is 0 Å². The molecule has 1 fully saturated rings. The molecule has 1 N–H and O–H groups in total. The summed E-state index contributed by atoms with van der Waals surface area (Å²) in [5.74, 6) is 1.64. The number of nitrogens with zero attached hydrogens (tertiary/aromatic N) is 5. The Bertz CT molecular complexity index is 983. The van der Waals surface area contributed by atoms with E-state index in [-0.39, 0.29) is 11.6 Å². The van der Waals surface area contributed by atoms with Gasteiger partial charge in [-0.2, -0.15) is 5.26 Å². The Kier molecular flexibility index (Phi) is 5.01. The van der Waals surface area contributed by atoms with Crippen molar-refractivity contribution in [3.63, 3.8) is 0 Å². The van der Waals surface area contributed by atoms with Crippen LogP contribution in [-0.4, -0.2) is 40.7 Å². The molecular formula is C19H18N6O3. The van der Waals surface area contributed by atoms with E-state index in [1.807, 2.05) is 0 Å². The average molecular weight is 378 g/mol. The van der Waals surface area contributed by atoms with Gasteiger partial charge in [0.25, 0.3) is 5.91 Å². The van der Waals surface area contributed by atoms with Crippen molar-refractivity contribution in [1.29, 1.82) is 5.26 Å². The Morgan fingerprint density at radius 2 is 2.11 bits per heavy atom. The molecule has 9 nitrogen and oxygen atoms in total. The lowest BCUT2D eigenvalue weighted by atomic mass is 9.96. The molecule has 0 bridgehead atoms. The maximum Gasteiger partial charge on any atom is 0.273 e. The van der Waals surface area contributed by atoms with Crippen molar-refractivity contribution in [2.75, 3.05) is 24.5 Å². The van der Waals surface area contributed by atoms with Crippen LogP contribution in [0.3, 0.4) is 0 Å². The molecule has 0 spiro atoms. The second-order valence-corrected chi connectivity index (χ2v) is 6.53. The van der Waals surface area contributed by atoms with Crippen LogP contribution < -0.4 is 10.2 Å². The van der Waals surface area contributed by atoms with Crippen molar-refractivity contribution < 1.29 is 13.7 Å². The van der Waals surface area contributed by atoms with Gasteiger partial charge in [0.05, 0.1) is 6.26 Å². The van der Waals surface area contributed by atoms with Gasteiger partial charge in [0, 0.05) is 38.1 Å². The standard InChI is InChI=1S/C19H18N6O3/c20-11-15-18(22-6-5-21-15)25-7-3-13(4-8-25)12-23-19(26)14-10-17(28-24-14)16-2-1-9-27-16/h1-2,5-6,9-10,13H,3-4,7-8,12H2,(H,23,26). The van der Waals surface area contributed by atoms with E-state index in [0.29, 0.717) is 35.5 Å². The third-order valence-corrected chi connectivity index (χ3v) is 4.76. The number of carbonyl (C=O) groups is 1. The Labute approximate surface area is 161 Å². The van der Waals surface area contributed by atoms with E-state index in [1.165, 1.54) is 12.5 Å². The minimum atomic E-state index is -0.273. The average Bonchev–Trinajstić information content (AvgIpc) is 3.44. The Balaban J connectivity index is 1.29. The molecule has 1 aliphatic heterocycles. The summed E-state index contributed by atoms with van der Waals surface area (Å²) >= 11 is 0. The predicted molar refractivity (Wildman–Crippen MR) is 98.2 cm³/mol. The zero-order valence-electron chi connectivity index (χ0n) is 15.0. The van der Waals surface area contributed by atoms with Crippen LogP contribution in [-0.2, 0) is 0 Å². The summed E-state index contributed by atoms with van der Waals surface area (Å²) in [6.45, 7) is 2.09. The second-order valence-electron chi connectivity index (χ2n) is 6.53. The number of nitriles is 1. The first-order valence-corrected chi connectivity index (χ1v) is 8.99. The number of piperidine rings is 1. The number of amides is 1. The Hall–Kier alpha value is -3.67. The highest BCUT2D eigenvalue weighted by Crippen LogP contribution is 2.23. The van der Waals surface area contributed by atoms with Gasteiger partial charge in [0.1, 0.15) is 6.07 Å². The lowest BCUT2D eigenvalue weighted by molar-refractivity contribution is 0.0936. The van der Waals surface area contributed by atoms with Crippen molar-refractivity contribution in [2.45, 2.75) is 12.8 Å². The molecule has 4 heterocycles. The predicted octanol–water partition coefficient (Wildman–Crippen LogP) is 2.24. The number of furan rings is 1. The molecule has 1 amide bonds. The minimum absolute atomic E-state index is 0.224. The number of anilines is 1. The number of nitrogens with one attached hydrogen (secondary N) is 1. The third-order valence-electron chi connectivity index (χ3n) is 4.76. The van der Waals surface area contributed by atoms with E-state index < -0.39 is 0 Å². The van der Waals surface area contributed by atoms with Crippen LogP contribution in [0.1, 0.15) is 29.0 Å². The number of rotatable bonds is 5. The fourth-order valence-corrected chi connectivity index (χ4v) is 3.23. The van der Waals surface area contributed by atoms with Crippen LogP contribution in [0.5, 0.6) is 0 Å². The molecule has 1 saturated heterocycles. The summed E-state index contributed by atoms with van der Waals surface area (Å²) in [5.41, 5.74) is 0.565. The molecule has 0 aromatic carbocycles. The molecule has 0 aliphatic carbocycles. The second kappa shape index (κ2) is 7.92. The van der Waals surface area contributed by atoms with E-state index in [9.17, 15) is 10.1 Å². The highest BCUT2D eigenvalue weighted by molar-refractivity contribution is 5.92. The van der Waals surface area contributed by atoms with Gasteiger partial charge in [-0.3, -0.25) is 4.79 Å². The van der Waals surface area contributed by atoms with Crippen LogP contribution in [0.25, 0.3) is 11.5 Å². The summed E-state index contributed by atoms with van der Waals surface area (Å²) in [5, 5.41) is 15.9. The molecule has 142 valence electrons. The van der Waals surface area contributed by atoms with E-state index in [2.05, 4.69) is 31.4 Å². The van der Waals surface area contributed by atoms with Gasteiger partial charge >= 0.3 is 0 Å². The lowest BCUT2D eigenvalue weighted by Crippen LogP contribution is -2.39. The largest absolute Gasteiger partial charge is 0.461 e. The van der Waals surface area contributed by atoms with Crippen molar-refractivity contribution in [2.24, 2.45) is 5.92 Å². The number of aromatic nitrogens is 3. The molecule has 28 heavy (non-hydrogen) atoms. The molecule has 9 heteroatoms. The SMILES string of the molecule is N#Cc1nccnc1N1CCC(CNC(=O)c2cc(-c3ccco3)on2)CC1. The molecule has 0 atom stereocenters. The summed E-state index contributed by atoms with van der Waals surface area (Å²) < 4.78 is 10.4. The van der Waals surface area contributed by atoms with Crippen LogP contribution in [0.15, 0.2) is 45.8 Å². The molecule has 0 unspecified atom stereocenters. The maximum absolute atomic E-state index is 12.3. The fraction of sp³-hybridized carbons (Fsp3) is 0.316. The van der Waals surface area contributed by atoms with Crippen molar-refractivity contribution in [3.05, 3.63) is 48.2 Å². The fourth-order valence-electron chi connectivity index (χ4n) is 3.23. The first-order chi connectivity index (χ1) is 13.7. The molecule has 3 aromatic heterocycles. The molecule has 3 aromatic rings. The number of hydrogen-bond donors (Lipinski definition) is 1. The van der Waals surface area contributed by atoms with E-state index in [1.54, 1.807) is 24.4 Å². The first-order valence-electron chi connectivity index (χ1n) is 8.99. The van der Waals surface area contributed by atoms with E-state index in [4.69, 9.17) is 8.94 Å². The molecule has 0 radical (unpaired) electrons. The summed E-state index contributed by atoms with van der Waals surface area (Å²) in [7, 11) is 0. The smallest absolute Gasteiger partial charge is 0.273 e. The first kappa shape index (κ1) is 17.7. The topological polar surface area (TPSA) is 121 Å². The van der Waals surface area contributed by atoms with Gasteiger partial charge in [-0.05, 0) is 30.9 Å². The van der Waals surface area contributed by atoms with Gasteiger partial charge in [-0.15, -0.1) is 0 Å². The van der Waals surface area contributed by atoms with Crippen LogP contribution in [0.4, 0.5) is 5.82 Å².